The lowest BCUT2D eigenvalue weighted by atomic mass is 9.95. The van der Waals surface area contributed by atoms with Crippen molar-refractivity contribution in [2.24, 2.45) is 5.92 Å². The summed E-state index contributed by atoms with van der Waals surface area (Å²) < 4.78 is 26.5. The second-order valence-electron chi connectivity index (χ2n) is 4.25. The number of hydrogen-bond acceptors (Lipinski definition) is 4. The fraction of sp³-hybridized carbons (Fsp3) is 0.0714. The van der Waals surface area contributed by atoms with E-state index in [2.05, 4.69) is 4.72 Å². The van der Waals surface area contributed by atoms with Gasteiger partial charge < -0.3 is 5.11 Å². The molecule has 6 nitrogen and oxygen atoms in total. The molecule has 1 unspecified atom stereocenters. The third kappa shape index (κ3) is 3.28. The van der Waals surface area contributed by atoms with E-state index >= 15 is 0 Å². The zero-order valence-electron chi connectivity index (χ0n) is 10.7. The molecule has 1 aromatic rings. The predicted molar refractivity (Wildman–Crippen MR) is 74.3 cm³/mol. The average molecular weight is 305 g/mol. The number of carbonyl (C=O) groups excluding carboxylic acids is 1. The summed E-state index contributed by atoms with van der Waals surface area (Å²) in [7, 11) is -3.79. The van der Waals surface area contributed by atoms with E-state index in [1.54, 1.807) is 18.2 Å². The van der Waals surface area contributed by atoms with Crippen LogP contribution in [0.3, 0.4) is 0 Å². The molecule has 0 bridgehead atoms. The summed E-state index contributed by atoms with van der Waals surface area (Å²) in [6.07, 6.45) is 3.69. The van der Waals surface area contributed by atoms with E-state index < -0.39 is 21.9 Å². The maximum absolute atomic E-state index is 12.1. The van der Waals surface area contributed by atoms with E-state index in [0.29, 0.717) is 0 Å². The molecule has 0 aliphatic heterocycles. The molecule has 0 fully saturated rings. The van der Waals surface area contributed by atoms with Crippen LogP contribution in [0, 0.1) is 5.92 Å². The van der Waals surface area contributed by atoms with E-state index in [-0.39, 0.29) is 16.2 Å². The van der Waals surface area contributed by atoms with Crippen LogP contribution in [0.2, 0.25) is 0 Å². The van der Waals surface area contributed by atoms with Crippen LogP contribution in [0.15, 0.2) is 64.7 Å². The third-order valence-electron chi connectivity index (χ3n) is 2.80. The van der Waals surface area contributed by atoms with Crippen molar-refractivity contribution in [3.05, 3.63) is 59.8 Å². The molecule has 0 saturated carbocycles. The van der Waals surface area contributed by atoms with Crippen LogP contribution >= 0.6 is 0 Å². The first kappa shape index (κ1) is 14.8. The zero-order valence-corrected chi connectivity index (χ0v) is 11.5. The second-order valence-corrected chi connectivity index (χ2v) is 5.93. The van der Waals surface area contributed by atoms with Crippen molar-refractivity contribution in [1.82, 2.24) is 4.72 Å². The lowest BCUT2D eigenvalue weighted by Gasteiger charge is -2.15. The summed E-state index contributed by atoms with van der Waals surface area (Å²) in [5.41, 5.74) is -0.0366. The predicted octanol–water partition coefficient (Wildman–Crippen LogP) is 0.877. The Balaban J connectivity index is 2.28. The van der Waals surface area contributed by atoms with Crippen molar-refractivity contribution in [1.29, 1.82) is 0 Å². The standard InChI is InChI=1S/C14H11NO5S/c16-9-10-8-11(6-7-13(10)14(17)18)15-21(19,20)12-4-2-1-3-5-12/h1-8,13,15H,(H,17,18). The molecular formula is C14H11NO5S. The Morgan fingerprint density at radius 3 is 2.48 bits per heavy atom. The number of nitrogens with one attached hydrogen (secondary N) is 1. The Hall–Kier alpha value is -2.63. The van der Waals surface area contributed by atoms with Crippen molar-refractivity contribution < 1.29 is 23.1 Å². The van der Waals surface area contributed by atoms with Gasteiger partial charge in [-0.2, -0.15) is 0 Å². The van der Waals surface area contributed by atoms with Gasteiger partial charge >= 0.3 is 5.97 Å². The fourth-order valence-electron chi connectivity index (χ4n) is 1.79. The first-order chi connectivity index (χ1) is 9.94. The van der Waals surface area contributed by atoms with Crippen LogP contribution in [0.25, 0.3) is 0 Å². The van der Waals surface area contributed by atoms with Gasteiger partial charge in [0, 0.05) is 5.70 Å². The van der Waals surface area contributed by atoms with Crippen LogP contribution in [0.1, 0.15) is 0 Å². The van der Waals surface area contributed by atoms with Crippen molar-refractivity contribution >= 4 is 21.9 Å². The van der Waals surface area contributed by atoms with Crippen LogP contribution in [0.5, 0.6) is 0 Å². The third-order valence-corrected chi connectivity index (χ3v) is 4.20. The lowest BCUT2D eigenvalue weighted by Crippen LogP contribution is -2.25. The molecule has 1 atom stereocenters. The highest BCUT2D eigenvalue weighted by Crippen LogP contribution is 2.21. The first-order valence-electron chi connectivity index (χ1n) is 5.89. The molecule has 0 radical (unpaired) electrons. The monoisotopic (exact) mass is 305 g/mol. The summed E-state index contributed by atoms with van der Waals surface area (Å²) in [6.45, 7) is 0. The minimum absolute atomic E-state index is 0.0660. The number of carbonyl (C=O) groups is 1. The molecule has 0 aromatic heterocycles. The largest absolute Gasteiger partial charge is 0.481 e. The quantitative estimate of drug-likeness (QED) is 0.804. The Kier molecular flexibility index (Phi) is 4.07. The van der Waals surface area contributed by atoms with E-state index in [1.165, 1.54) is 30.2 Å². The maximum Gasteiger partial charge on any atom is 0.315 e. The molecule has 0 heterocycles. The summed E-state index contributed by atoms with van der Waals surface area (Å²) in [5, 5.41) is 8.92. The fourth-order valence-corrected chi connectivity index (χ4v) is 2.87. The number of carboxylic acids is 1. The average Bonchev–Trinajstić information content (AvgIpc) is 2.47. The molecule has 1 aromatic carbocycles. The van der Waals surface area contributed by atoms with Crippen molar-refractivity contribution in [3.63, 3.8) is 0 Å². The first-order valence-corrected chi connectivity index (χ1v) is 7.38. The number of allylic oxidation sites excluding steroid dienone is 2. The number of carboxylic acid groups (broad SMARTS) is 1. The van der Waals surface area contributed by atoms with Crippen LogP contribution in [-0.2, 0) is 19.6 Å². The summed E-state index contributed by atoms with van der Waals surface area (Å²) >= 11 is 0. The van der Waals surface area contributed by atoms with Crippen molar-refractivity contribution in [2.45, 2.75) is 4.90 Å². The van der Waals surface area contributed by atoms with Gasteiger partial charge in [-0.05, 0) is 24.3 Å². The molecule has 108 valence electrons. The second kappa shape index (κ2) is 5.78. The highest BCUT2D eigenvalue weighted by atomic mass is 32.2. The van der Waals surface area contributed by atoms with E-state index in [4.69, 9.17) is 5.11 Å². The number of aliphatic carboxylic acids is 1. The number of sulfonamides is 1. The van der Waals surface area contributed by atoms with Gasteiger partial charge in [-0.25, -0.2) is 13.2 Å². The summed E-state index contributed by atoms with van der Waals surface area (Å²) in [5.74, 6) is -0.807. The van der Waals surface area contributed by atoms with Gasteiger partial charge in [0.05, 0.1) is 10.5 Å². The topological polar surface area (TPSA) is 101 Å². The van der Waals surface area contributed by atoms with Gasteiger partial charge in [0.15, 0.2) is 0 Å². The number of rotatable bonds is 4. The van der Waals surface area contributed by atoms with Gasteiger partial charge in [-0.3, -0.25) is 9.52 Å². The molecule has 1 aliphatic carbocycles. The van der Waals surface area contributed by atoms with E-state index in [0.717, 1.165) is 6.08 Å². The molecule has 0 saturated heterocycles. The molecule has 2 rings (SSSR count). The zero-order chi connectivity index (χ0) is 15.5. The van der Waals surface area contributed by atoms with E-state index in [1.807, 2.05) is 0 Å². The Morgan fingerprint density at radius 2 is 1.90 bits per heavy atom. The highest BCUT2D eigenvalue weighted by Gasteiger charge is 2.24. The van der Waals surface area contributed by atoms with Crippen LogP contribution < -0.4 is 4.72 Å². The lowest BCUT2D eigenvalue weighted by molar-refractivity contribution is -0.138. The Morgan fingerprint density at radius 1 is 1.24 bits per heavy atom. The smallest absolute Gasteiger partial charge is 0.315 e. The van der Waals surface area contributed by atoms with Gasteiger partial charge in [0.1, 0.15) is 11.9 Å². The van der Waals surface area contributed by atoms with Crippen molar-refractivity contribution in [3.8, 4) is 0 Å². The van der Waals surface area contributed by atoms with Gasteiger partial charge in [0.25, 0.3) is 10.0 Å². The van der Waals surface area contributed by atoms with Crippen molar-refractivity contribution in [2.75, 3.05) is 0 Å². The molecule has 7 heteroatoms. The Bertz CT molecular complexity index is 771. The van der Waals surface area contributed by atoms with Gasteiger partial charge in [-0.1, -0.05) is 24.3 Å². The van der Waals surface area contributed by atoms with Gasteiger partial charge in [-0.15, -0.1) is 0 Å². The molecule has 2 N–H and O–H groups in total. The number of hydrogen-bond donors (Lipinski definition) is 2. The van der Waals surface area contributed by atoms with Crippen LogP contribution in [0.4, 0.5) is 0 Å². The minimum Gasteiger partial charge on any atom is -0.481 e. The molecule has 0 amide bonds. The maximum atomic E-state index is 12.1. The SMILES string of the molecule is O=C=C1C=C(NS(=O)(=O)c2ccccc2)C=CC1C(=O)O. The van der Waals surface area contributed by atoms with Gasteiger partial charge in [0.2, 0.25) is 0 Å². The molecular weight excluding hydrogens is 294 g/mol. The minimum atomic E-state index is -3.79. The molecule has 21 heavy (non-hydrogen) atoms. The van der Waals surface area contributed by atoms with E-state index in [9.17, 15) is 18.0 Å². The van der Waals surface area contributed by atoms with Crippen LogP contribution in [-0.4, -0.2) is 25.4 Å². The normalized spacial score (nSPS) is 17.8. The summed E-state index contributed by atoms with van der Waals surface area (Å²) in [6, 6.07) is 7.69. The summed E-state index contributed by atoms with van der Waals surface area (Å²) in [4.78, 5) is 21.8. The molecule has 1 aliphatic rings. The number of benzene rings is 1. The highest BCUT2D eigenvalue weighted by molar-refractivity contribution is 7.89. The Labute approximate surface area is 121 Å². The molecule has 0 spiro atoms.